The van der Waals surface area contributed by atoms with Crippen LogP contribution in [0.4, 0.5) is 17.1 Å². The van der Waals surface area contributed by atoms with Crippen molar-refractivity contribution in [3.8, 4) is 0 Å². The molecule has 2 unspecified atom stereocenters. The third-order valence-corrected chi connectivity index (χ3v) is 7.96. The summed E-state index contributed by atoms with van der Waals surface area (Å²) in [7, 11) is 4.12. The van der Waals surface area contributed by atoms with Crippen LogP contribution >= 0.6 is 11.6 Å². The lowest BCUT2D eigenvalue weighted by atomic mass is 10.1. The summed E-state index contributed by atoms with van der Waals surface area (Å²) in [6.07, 6.45) is 5.71. The normalized spacial score (nSPS) is 16.1. The molecule has 0 radical (unpaired) electrons. The number of hydrogen-bond acceptors (Lipinski definition) is 8. The van der Waals surface area contributed by atoms with Crippen LogP contribution in [-0.4, -0.2) is 66.1 Å². The number of carbonyl (C=O) groups is 1. The molecule has 3 N–H and O–H groups in total. The summed E-state index contributed by atoms with van der Waals surface area (Å²) < 4.78 is 1.51. The van der Waals surface area contributed by atoms with Gasteiger partial charge < -0.3 is 30.3 Å². The number of rotatable bonds is 9. The van der Waals surface area contributed by atoms with E-state index in [2.05, 4.69) is 92.3 Å². The maximum Gasteiger partial charge on any atom is 0.263 e. The lowest BCUT2D eigenvalue weighted by Gasteiger charge is -2.25. The van der Waals surface area contributed by atoms with Crippen LogP contribution in [0.1, 0.15) is 61.2 Å². The molecule has 1 fully saturated rings. The van der Waals surface area contributed by atoms with Crippen LogP contribution in [0.2, 0.25) is 5.15 Å². The minimum atomic E-state index is -0.363. The van der Waals surface area contributed by atoms with Crippen molar-refractivity contribution in [2.45, 2.75) is 59.5 Å². The van der Waals surface area contributed by atoms with E-state index in [0.717, 1.165) is 47.7 Å². The van der Waals surface area contributed by atoms with Crippen LogP contribution in [0.3, 0.4) is 0 Å². The van der Waals surface area contributed by atoms with E-state index in [9.17, 15) is 9.59 Å². The number of carbonyl (C=O) groups excluding carboxylic acids is 1. The highest BCUT2D eigenvalue weighted by Gasteiger charge is 2.26. The summed E-state index contributed by atoms with van der Waals surface area (Å²) in [4.78, 5) is 39.3. The number of halogens is 1. The highest BCUT2D eigenvalue weighted by Crippen LogP contribution is 2.28. The summed E-state index contributed by atoms with van der Waals surface area (Å²) in [6.45, 7) is 10.7. The average Bonchev–Trinajstić information content (AvgIpc) is 3.57. The molecule has 2 aromatic heterocycles. The van der Waals surface area contributed by atoms with E-state index in [4.69, 9.17) is 11.6 Å². The predicted molar refractivity (Wildman–Crippen MR) is 199 cm³/mol. The third kappa shape index (κ3) is 9.45. The Morgan fingerprint density at radius 2 is 1.77 bits per heavy atom. The number of amides is 1. The second-order valence-corrected chi connectivity index (χ2v) is 11.8. The van der Waals surface area contributed by atoms with Crippen LogP contribution in [0.25, 0.3) is 0 Å². The van der Waals surface area contributed by atoms with Gasteiger partial charge in [-0.2, -0.15) is 0 Å². The molecule has 4 aromatic rings. The second kappa shape index (κ2) is 17.5. The Hall–Kier alpha value is -4.67. The number of aromatic nitrogens is 2. The molecule has 10 nitrogen and oxygen atoms in total. The van der Waals surface area contributed by atoms with Crippen molar-refractivity contribution in [3.63, 3.8) is 0 Å². The number of aliphatic imine (C=N–C) groups is 1. The van der Waals surface area contributed by atoms with Crippen molar-refractivity contribution in [1.29, 1.82) is 0 Å². The average molecular weight is 671 g/mol. The first kappa shape index (κ1) is 36.2. The van der Waals surface area contributed by atoms with Crippen LogP contribution < -0.4 is 26.4 Å². The Bertz CT molecular complexity index is 1720. The van der Waals surface area contributed by atoms with E-state index in [1.54, 1.807) is 30.6 Å². The molecule has 4 heterocycles. The smallest absolute Gasteiger partial charge is 0.263 e. The number of nitrogens with one attached hydrogen (secondary N) is 3. The molecule has 11 heteroatoms. The van der Waals surface area contributed by atoms with Crippen LogP contribution in [0, 0.1) is 0 Å². The largest absolute Gasteiger partial charge is 0.369 e. The molecular weight excluding hydrogens is 624 g/mol. The van der Waals surface area contributed by atoms with Crippen LogP contribution in [0.15, 0.2) is 88.9 Å². The van der Waals surface area contributed by atoms with Gasteiger partial charge in [-0.05, 0) is 80.2 Å². The quantitative estimate of drug-likeness (QED) is 0.179. The lowest BCUT2D eigenvalue weighted by Crippen LogP contribution is -2.40. The standard InChI is InChI=1S/C33H35ClN8O2.2C2H6/c1-40(2)19-22-5-8-25(9-6-22)38-33-36-18-24-16-27(10-11-29(24)39-33)41-15-13-26(21-41)37-31(43)28-4-3-14-42(32(28)44)20-23-7-12-30(34)35-17-23;2*1-2/h3-12,14,16-18,26,33,38-39H,13,15,19-21H2,1-2H3,(H,37,43);2*1-2H3. The molecule has 2 aliphatic heterocycles. The molecule has 0 spiro atoms. The number of benzene rings is 2. The Kier molecular flexibility index (Phi) is 13.2. The SMILES string of the molecule is CC.CC.CN(C)Cc1ccc(NC2N=Cc3cc(N4CCC(NC(=O)c5cccn(Cc6ccc(Cl)nc6)c5=O)C4)ccc3N2)cc1. The number of fused-ring (bicyclic) bond motifs is 1. The summed E-state index contributed by atoms with van der Waals surface area (Å²) in [5.41, 5.74) is 5.94. The van der Waals surface area contributed by atoms with Crippen LogP contribution in [-0.2, 0) is 13.1 Å². The predicted octanol–water partition coefficient (Wildman–Crippen LogP) is 6.31. The molecular formula is C37H47ClN8O2. The van der Waals surface area contributed by atoms with Gasteiger partial charge in [0.1, 0.15) is 10.7 Å². The first-order valence-corrected chi connectivity index (χ1v) is 17.0. The fraction of sp³-hybridized carbons (Fsp3) is 0.351. The Labute approximate surface area is 288 Å². The molecule has 0 aliphatic carbocycles. The van der Waals surface area contributed by atoms with Gasteiger partial charge in [-0.3, -0.25) is 9.59 Å². The van der Waals surface area contributed by atoms with E-state index in [1.807, 2.05) is 40.0 Å². The van der Waals surface area contributed by atoms with Gasteiger partial charge >= 0.3 is 0 Å². The van der Waals surface area contributed by atoms with Crippen molar-refractivity contribution < 1.29 is 4.79 Å². The number of pyridine rings is 2. The minimum absolute atomic E-state index is 0.0726. The van der Waals surface area contributed by atoms with Crippen molar-refractivity contribution >= 4 is 40.8 Å². The van der Waals surface area contributed by atoms with E-state index >= 15 is 0 Å². The third-order valence-electron chi connectivity index (χ3n) is 7.74. The van der Waals surface area contributed by atoms with Crippen molar-refractivity contribution in [1.82, 2.24) is 19.8 Å². The number of anilines is 3. The second-order valence-electron chi connectivity index (χ2n) is 11.4. The van der Waals surface area contributed by atoms with E-state index in [1.165, 1.54) is 10.1 Å². The minimum Gasteiger partial charge on any atom is -0.369 e. The van der Waals surface area contributed by atoms with E-state index in [0.29, 0.717) is 18.2 Å². The monoisotopic (exact) mass is 670 g/mol. The first-order chi connectivity index (χ1) is 23.3. The van der Waals surface area contributed by atoms with E-state index in [-0.39, 0.29) is 29.4 Å². The topological polar surface area (TPSA) is 107 Å². The molecule has 48 heavy (non-hydrogen) atoms. The summed E-state index contributed by atoms with van der Waals surface area (Å²) >= 11 is 5.87. The van der Waals surface area contributed by atoms with Gasteiger partial charge in [-0.15, -0.1) is 0 Å². The molecule has 1 amide bonds. The number of nitrogens with zero attached hydrogens (tertiary/aromatic N) is 5. The van der Waals surface area contributed by atoms with E-state index < -0.39 is 0 Å². The highest BCUT2D eigenvalue weighted by atomic mass is 35.5. The van der Waals surface area contributed by atoms with Crippen molar-refractivity contribution in [2.75, 3.05) is 42.7 Å². The Balaban J connectivity index is 0.00000125. The van der Waals surface area contributed by atoms with Gasteiger partial charge in [0.25, 0.3) is 11.5 Å². The zero-order valence-corrected chi connectivity index (χ0v) is 29.5. The van der Waals surface area contributed by atoms with Gasteiger partial charge in [0.05, 0.1) is 6.54 Å². The molecule has 6 rings (SSSR count). The molecule has 0 bridgehead atoms. The van der Waals surface area contributed by atoms with Gasteiger partial charge in [-0.1, -0.05) is 57.5 Å². The van der Waals surface area contributed by atoms with Gasteiger partial charge in [-0.25, -0.2) is 9.98 Å². The maximum atomic E-state index is 13.1. The summed E-state index contributed by atoms with van der Waals surface area (Å²) in [5, 5.41) is 10.3. The molecule has 2 atom stereocenters. The molecule has 1 saturated heterocycles. The van der Waals surface area contributed by atoms with Gasteiger partial charge in [0.2, 0.25) is 0 Å². The summed E-state index contributed by atoms with van der Waals surface area (Å²) in [6, 6.07) is 21.4. The maximum absolute atomic E-state index is 13.1. The highest BCUT2D eigenvalue weighted by molar-refractivity contribution is 6.29. The Morgan fingerprint density at radius 1 is 1.02 bits per heavy atom. The molecule has 0 saturated carbocycles. The van der Waals surface area contributed by atoms with Crippen molar-refractivity contribution in [3.05, 3.63) is 117 Å². The Morgan fingerprint density at radius 3 is 2.48 bits per heavy atom. The van der Waals surface area contributed by atoms with Gasteiger partial charge in [0.15, 0.2) is 6.29 Å². The van der Waals surface area contributed by atoms with Gasteiger partial charge in [0, 0.05) is 66.9 Å². The van der Waals surface area contributed by atoms with Crippen LogP contribution in [0.5, 0.6) is 0 Å². The zero-order chi connectivity index (χ0) is 34.6. The molecule has 2 aliphatic rings. The number of hydrogen-bond donors (Lipinski definition) is 3. The summed E-state index contributed by atoms with van der Waals surface area (Å²) in [5.74, 6) is -0.363. The van der Waals surface area contributed by atoms with Crippen molar-refractivity contribution in [2.24, 2.45) is 4.99 Å². The lowest BCUT2D eigenvalue weighted by molar-refractivity contribution is 0.0938. The fourth-order valence-corrected chi connectivity index (χ4v) is 5.65. The molecule has 2 aromatic carbocycles. The molecule has 254 valence electrons. The zero-order valence-electron chi connectivity index (χ0n) is 28.7. The first-order valence-electron chi connectivity index (χ1n) is 16.6. The fourth-order valence-electron chi connectivity index (χ4n) is 5.53.